The Balaban J connectivity index is 2.22. The monoisotopic (exact) mass is 415 g/mol. The minimum Gasteiger partial charge on any atom is -0.450 e. The summed E-state index contributed by atoms with van der Waals surface area (Å²) >= 11 is 9.96. The van der Waals surface area contributed by atoms with Crippen LogP contribution in [-0.2, 0) is 11.2 Å². The molecule has 0 saturated heterocycles. The Labute approximate surface area is 151 Å². The average molecular weight is 416 g/mol. The number of alkyl carbamates (subject to hydrolysis) is 1. The molecule has 2 heterocycles. The quantitative estimate of drug-likeness (QED) is 0.739. The molecule has 0 bridgehead atoms. The average Bonchev–Trinajstić information content (AvgIpc) is 2.98. The van der Waals surface area contributed by atoms with E-state index in [4.69, 9.17) is 17.0 Å². The highest BCUT2D eigenvalue weighted by molar-refractivity contribution is 9.10. The van der Waals surface area contributed by atoms with Crippen LogP contribution in [0.4, 0.5) is 10.6 Å². The number of halogens is 1. The number of aromatic nitrogens is 3. The number of carbonyl (C=O) groups excluding carboxylic acids is 1. The first-order chi connectivity index (χ1) is 11.0. The van der Waals surface area contributed by atoms with Crippen molar-refractivity contribution in [3.8, 4) is 10.6 Å². The molecule has 0 aliphatic heterocycles. The molecule has 0 aromatic carbocycles. The summed E-state index contributed by atoms with van der Waals surface area (Å²) in [6.07, 6.45) is 1.82. The van der Waals surface area contributed by atoms with Crippen molar-refractivity contribution < 1.29 is 9.53 Å². The van der Waals surface area contributed by atoms with Gasteiger partial charge in [-0.25, -0.2) is 9.78 Å². The van der Waals surface area contributed by atoms with E-state index in [1.807, 2.05) is 13.0 Å². The zero-order chi connectivity index (χ0) is 16.8. The number of hydrogen-bond donors (Lipinski definition) is 2. The second-order valence-corrected chi connectivity index (χ2v) is 6.59. The molecular weight excluding hydrogens is 402 g/mol. The first-order valence-corrected chi connectivity index (χ1v) is 8.78. The SMILES string of the molecule is CCOC(=O)NC(=S)Nc1ncc(Br)cc1-c1nnc(CC)s1. The smallest absolute Gasteiger partial charge is 0.413 e. The fourth-order valence-corrected chi connectivity index (χ4v) is 2.91. The topological polar surface area (TPSA) is 89.0 Å². The molecule has 2 N–H and O–H groups in total. The molecule has 2 rings (SSSR count). The number of pyridine rings is 1. The number of amides is 1. The van der Waals surface area contributed by atoms with Crippen LogP contribution in [0.25, 0.3) is 10.6 Å². The molecule has 0 unspecified atom stereocenters. The Morgan fingerprint density at radius 2 is 2.22 bits per heavy atom. The van der Waals surface area contributed by atoms with Crippen molar-refractivity contribution in [2.45, 2.75) is 20.3 Å². The summed E-state index contributed by atoms with van der Waals surface area (Å²) in [7, 11) is 0. The van der Waals surface area contributed by atoms with Gasteiger partial charge in [0.25, 0.3) is 0 Å². The normalized spacial score (nSPS) is 10.2. The van der Waals surface area contributed by atoms with Gasteiger partial charge >= 0.3 is 6.09 Å². The molecule has 0 fully saturated rings. The summed E-state index contributed by atoms with van der Waals surface area (Å²) in [6.45, 7) is 3.99. The summed E-state index contributed by atoms with van der Waals surface area (Å²) in [5.74, 6) is 0.480. The number of rotatable bonds is 4. The molecule has 122 valence electrons. The van der Waals surface area contributed by atoms with E-state index in [2.05, 4.69) is 41.7 Å². The summed E-state index contributed by atoms with van der Waals surface area (Å²) in [6, 6.07) is 1.86. The number of thiocarbonyl (C=S) groups is 1. The van der Waals surface area contributed by atoms with Crippen LogP contribution in [0, 0.1) is 0 Å². The molecule has 0 aliphatic rings. The number of carbonyl (C=O) groups is 1. The summed E-state index contributed by atoms with van der Waals surface area (Å²) in [5.41, 5.74) is 0.740. The van der Waals surface area contributed by atoms with Crippen LogP contribution in [0.3, 0.4) is 0 Å². The third-order valence-corrected chi connectivity index (χ3v) is 4.32. The molecule has 0 spiro atoms. The van der Waals surface area contributed by atoms with Gasteiger partial charge in [-0.3, -0.25) is 5.32 Å². The van der Waals surface area contributed by atoms with Gasteiger partial charge in [-0.05, 0) is 47.6 Å². The van der Waals surface area contributed by atoms with Crippen molar-refractivity contribution in [1.29, 1.82) is 0 Å². The number of nitrogens with zero attached hydrogens (tertiary/aromatic N) is 3. The molecular formula is C13H14BrN5O2S2. The van der Waals surface area contributed by atoms with E-state index in [9.17, 15) is 4.79 Å². The predicted octanol–water partition coefficient (Wildman–Crippen LogP) is 3.37. The van der Waals surface area contributed by atoms with Crippen LogP contribution >= 0.6 is 39.5 Å². The van der Waals surface area contributed by atoms with Crippen LogP contribution in [0.2, 0.25) is 0 Å². The lowest BCUT2D eigenvalue weighted by molar-refractivity contribution is 0.158. The Morgan fingerprint density at radius 1 is 1.43 bits per heavy atom. The fourth-order valence-electron chi connectivity index (χ4n) is 1.61. The zero-order valence-electron chi connectivity index (χ0n) is 12.4. The standard InChI is InChI=1S/C13H14BrN5O2S2/c1-3-9-18-19-11(23-9)8-5-7(14)6-15-10(8)16-12(22)17-13(20)21-4-2/h5-6H,3-4H2,1-2H3,(H2,15,16,17,20,22). The first kappa shape index (κ1) is 17.7. The lowest BCUT2D eigenvalue weighted by atomic mass is 10.2. The Hall–Kier alpha value is -1.65. The van der Waals surface area contributed by atoms with Crippen LogP contribution in [-0.4, -0.2) is 33.0 Å². The van der Waals surface area contributed by atoms with E-state index in [-0.39, 0.29) is 11.7 Å². The van der Waals surface area contributed by atoms with E-state index in [0.29, 0.717) is 5.82 Å². The fraction of sp³-hybridized carbons (Fsp3) is 0.308. The van der Waals surface area contributed by atoms with Gasteiger partial charge in [0, 0.05) is 10.7 Å². The van der Waals surface area contributed by atoms with Crippen molar-refractivity contribution >= 4 is 56.5 Å². The van der Waals surface area contributed by atoms with E-state index < -0.39 is 6.09 Å². The molecule has 10 heteroatoms. The number of ether oxygens (including phenoxy) is 1. The van der Waals surface area contributed by atoms with Gasteiger partial charge in [-0.15, -0.1) is 10.2 Å². The maximum Gasteiger partial charge on any atom is 0.413 e. The van der Waals surface area contributed by atoms with Crippen molar-refractivity contribution in [2.24, 2.45) is 0 Å². The van der Waals surface area contributed by atoms with Crippen molar-refractivity contribution in [3.05, 3.63) is 21.7 Å². The van der Waals surface area contributed by atoms with Gasteiger partial charge in [0.2, 0.25) is 0 Å². The van der Waals surface area contributed by atoms with E-state index in [1.54, 1.807) is 13.1 Å². The summed E-state index contributed by atoms with van der Waals surface area (Å²) in [4.78, 5) is 15.7. The minimum atomic E-state index is -0.618. The maximum atomic E-state index is 11.4. The predicted molar refractivity (Wildman–Crippen MR) is 96.6 cm³/mol. The van der Waals surface area contributed by atoms with Gasteiger partial charge in [-0.1, -0.05) is 18.3 Å². The molecule has 0 saturated carbocycles. The first-order valence-electron chi connectivity index (χ1n) is 6.76. The molecule has 23 heavy (non-hydrogen) atoms. The number of aryl methyl sites for hydroxylation is 1. The van der Waals surface area contributed by atoms with Crippen molar-refractivity contribution in [1.82, 2.24) is 20.5 Å². The second-order valence-electron chi connectivity index (χ2n) is 4.20. The Kier molecular flexibility index (Phi) is 6.37. The largest absolute Gasteiger partial charge is 0.450 e. The highest BCUT2D eigenvalue weighted by Gasteiger charge is 2.14. The van der Waals surface area contributed by atoms with E-state index >= 15 is 0 Å². The Bertz CT molecular complexity index is 722. The highest BCUT2D eigenvalue weighted by Crippen LogP contribution is 2.31. The van der Waals surface area contributed by atoms with Crippen molar-refractivity contribution in [3.63, 3.8) is 0 Å². The van der Waals surface area contributed by atoms with Gasteiger partial charge in [0.1, 0.15) is 10.8 Å². The second kappa shape index (κ2) is 8.27. The van der Waals surface area contributed by atoms with Crippen LogP contribution in [0.15, 0.2) is 16.7 Å². The third-order valence-electron chi connectivity index (χ3n) is 2.58. The minimum absolute atomic E-state index is 0.0970. The molecule has 0 aliphatic carbocycles. The van der Waals surface area contributed by atoms with E-state index in [0.717, 1.165) is 26.5 Å². The van der Waals surface area contributed by atoms with Crippen LogP contribution < -0.4 is 10.6 Å². The van der Waals surface area contributed by atoms with E-state index in [1.165, 1.54) is 11.3 Å². The lowest BCUT2D eigenvalue weighted by Gasteiger charge is -2.11. The van der Waals surface area contributed by atoms with Gasteiger partial charge in [-0.2, -0.15) is 0 Å². The van der Waals surface area contributed by atoms with Crippen LogP contribution in [0.1, 0.15) is 18.9 Å². The molecule has 2 aromatic rings. The highest BCUT2D eigenvalue weighted by atomic mass is 79.9. The molecule has 1 amide bonds. The number of nitrogens with one attached hydrogen (secondary N) is 2. The molecule has 7 nitrogen and oxygen atoms in total. The zero-order valence-corrected chi connectivity index (χ0v) is 15.6. The number of hydrogen-bond acceptors (Lipinski definition) is 7. The maximum absolute atomic E-state index is 11.4. The van der Waals surface area contributed by atoms with Crippen molar-refractivity contribution in [2.75, 3.05) is 11.9 Å². The molecule has 0 radical (unpaired) electrons. The Morgan fingerprint density at radius 3 is 2.87 bits per heavy atom. The van der Waals surface area contributed by atoms with Gasteiger partial charge in [0.05, 0.1) is 12.2 Å². The van der Waals surface area contributed by atoms with Crippen LogP contribution in [0.5, 0.6) is 0 Å². The summed E-state index contributed by atoms with van der Waals surface area (Å²) in [5, 5.41) is 15.3. The third kappa shape index (κ3) is 4.91. The number of anilines is 1. The lowest BCUT2D eigenvalue weighted by Crippen LogP contribution is -2.34. The molecule has 2 aromatic heterocycles. The van der Waals surface area contributed by atoms with Gasteiger partial charge in [0.15, 0.2) is 10.1 Å². The van der Waals surface area contributed by atoms with Gasteiger partial charge < -0.3 is 10.1 Å². The molecule has 0 atom stereocenters. The summed E-state index contributed by atoms with van der Waals surface area (Å²) < 4.78 is 5.58.